The molecule has 0 amide bonds. The second-order valence-corrected chi connectivity index (χ2v) is 4.65. The van der Waals surface area contributed by atoms with E-state index in [0.717, 1.165) is 47.5 Å². The minimum Gasteiger partial charge on any atom is -0.396 e. The highest BCUT2D eigenvalue weighted by Gasteiger charge is 2.14. The molecule has 0 bridgehead atoms. The smallest absolute Gasteiger partial charge is 0.151 e. The molecular formula is C13H20N4O. The molecule has 0 aliphatic carbocycles. The standard InChI is InChI=1S/C13H20N4O/c1-8-9(2)15-13(14)11-12(8)17(10(3)16-11)6-4-5-7-18/h18H,4-7H2,1-3H3,(H2,14,15). The third kappa shape index (κ3) is 2.06. The summed E-state index contributed by atoms with van der Waals surface area (Å²) >= 11 is 0. The van der Waals surface area contributed by atoms with Crippen LogP contribution in [0.1, 0.15) is 29.9 Å². The molecule has 0 atom stereocenters. The van der Waals surface area contributed by atoms with Gasteiger partial charge in [0.25, 0.3) is 0 Å². The fourth-order valence-electron chi connectivity index (χ4n) is 2.27. The van der Waals surface area contributed by atoms with Crippen LogP contribution < -0.4 is 5.73 Å². The van der Waals surface area contributed by atoms with E-state index in [2.05, 4.69) is 14.5 Å². The zero-order valence-corrected chi connectivity index (χ0v) is 11.2. The molecule has 2 heterocycles. The van der Waals surface area contributed by atoms with Crippen LogP contribution in [0.4, 0.5) is 5.82 Å². The Morgan fingerprint density at radius 2 is 1.89 bits per heavy atom. The fourth-order valence-corrected chi connectivity index (χ4v) is 2.27. The molecule has 98 valence electrons. The Kier molecular flexibility index (Phi) is 3.52. The summed E-state index contributed by atoms with van der Waals surface area (Å²) in [5.41, 5.74) is 9.88. The van der Waals surface area contributed by atoms with Gasteiger partial charge in [0.15, 0.2) is 5.82 Å². The molecule has 0 aliphatic rings. The number of nitrogens with two attached hydrogens (primary N) is 1. The van der Waals surface area contributed by atoms with Gasteiger partial charge < -0.3 is 15.4 Å². The van der Waals surface area contributed by atoms with Crippen LogP contribution in [0.3, 0.4) is 0 Å². The lowest BCUT2D eigenvalue weighted by molar-refractivity contribution is 0.281. The number of anilines is 1. The minimum atomic E-state index is 0.230. The average Bonchev–Trinajstić information content (AvgIpc) is 2.65. The number of nitrogen functional groups attached to an aromatic ring is 1. The van der Waals surface area contributed by atoms with Gasteiger partial charge in [-0.2, -0.15) is 0 Å². The predicted molar refractivity (Wildman–Crippen MR) is 72.5 cm³/mol. The number of hydrogen-bond acceptors (Lipinski definition) is 4. The second-order valence-electron chi connectivity index (χ2n) is 4.65. The van der Waals surface area contributed by atoms with Crippen molar-refractivity contribution in [1.29, 1.82) is 0 Å². The topological polar surface area (TPSA) is 77.0 Å². The number of aliphatic hydroxyl groups excluding tert-OH is 1. The molecule has 0 unspecified atom stereocenters. The zero-order chi connectivity index (χ0) is 13.3. The van der Waals surface area contributed by atoms with Gasteiger partial charge in [-0.25, -0.2) is 9.97 Å². The number of aryl methyl sites for hydroxylation is 4. The van der Waals surface area contributed by atoms with E-state index < -0.39 is 0 Å². The Bertz CT molecular complexity index is 574. The number of pyridine rings is 1. The number of aliphatic hydroxyl groups is 1. The number of imidazole rings is 1. The first-order chi connectivity index (χ1) is 8.56. The monoisotopic (exact) mass is 248 g/mol. The summed E-state index contributed by atoms with van der Waals surface area (Å²) in [6.07, 6.45) is 1.74. The summed E-state index contributed by atoms with van der Waals surface area (Å²) < 4.78 is 2.17. The number of hydrogen-bond donors (Lipinski definition) is 2. The minimum absolute atomic E-state index is 0.230. The molecule has 0 saturated carbocycles. The van der Waals surface area contributed by atoms with E-state index in [1.165, 1.54) is 0 Å². The molecule has 3 N–H and O–H groups in total. The quantitative estimate of drug-likeness (QED) is 0.807. The van der Waals surface area contributed by atoms with Crippen LogP contribution in [0.2, 0.25) is 0 Å². The maximum atomic E-state index is 8.87. The molecule has 0 fully saturated rings. The summed E-state index contributed by atoms with van der Waals surface area (Å²) in [5.74, 6) is 1.45. The summed E-state index contributed by atoms with van der Waals surface area (Å²) in [7, 11) is 0. The molecule has 0 spiro atoms. The van der Waals surface area contributed by atoms with Crippen LogP contribution in [-0.4, -0.2) is 26.2 Å². The second kappa shape index (κ2) is 4.94. The molecular weight excluding hydrogens is 228 g/mol. The van der Waals surface area contributed by atoms with Crippen molar-refractivity contribution < 1.29 is 5.11 Å². The SMILES string of the molecule is Cc1nc(N)c2nc(C)n(CCCCO)c2c1C. The lowest BCUT2D eigenvalue weighted by Gasteiger charge is -2.09. The Morgan fingerprint density at radius 1 is 1.17 bits per heavy atom. The van der Waals surface area contributed by atoms with Gasteiger partial charge >= 0.3 is 0 Å². The Balaban J connectivity index is 2.54. The Hall–Kier alpha value is -1.62. The zero-order valence-electron chi connectivity index (χ0n) is 11.2. The van der Waals surface area contributed by atoms with E-state index >= 15 is 0 Å². The van der Waals surface area contributed by atoms with E-state index in [0.29, 0.717) is 5.82 Å². The van der Waals surface area contributed by atoms with Crippen molar-refractivity contribution >= 4 is 16.9 Å². The highest BCUT2D eigenvalue weighted by Crippen LogP contribution is 2.25. The molecule has 2 rings (SSSR count). The first kappa shape index (κ1) is 12.8. The van der Waals surface area contributed by atoms with Gasteiger partial charge in [-0.15, -0.1) is 0 Å². The van der Waals surface area contributed by atoms with E-state index in [-0.39, 0.29) is 6.61 Å². The summed E-state index contributed by atoms with van der Waals surface area (Å²) in [4.78, 5) is 8.82. The van der Waals surface area contributed by atoms with E-state index in [9.17, 15) is 0 Å². The molecule has 0 aliphatic heterocycles. The van der Waals surface area contributed by atoms with Gasteiger partial charge in [0.2, 0.25) is 0 Å². The van der Waals surface area contributed by atoms with Gasteiger partial charge in [0.05, 0.1) is 5.52 Å². The van der Waals surface area contributed by atoms with Crippen molar-refractivity contribution in [2.75, 3.05) is 12.3 Å². The predicted octanol–water partition coefficient (Wildman–Crippen LogP) is 1.71. The molecule has 2 aromatic heterocycles. The number of aromatic nitrogens is 3. The number of fused-ring (bicyclic) bond motifs is 1. The largest absolute Gasteiger partial charge is 0.396 e. The van der Waals surface area contributed by atoms with Crippen molar-refractivity contribution in [3.05, 3.63) is 17.1 Å². The van der Waals surface area contributed by atoms with E-state index in [1.807, 2.05) is 20.8 Å². The first-order valence-corrected chi connectivity index (χ1v) is 6.26. The van der Waals surface area contributed by atoms with Gasteiger partial charge in [-0.3, -0.25) is 0 Å². The lowest BCUT2D eigenvalue weighted by Crippen LogP contribution is -2.04. The third-order valence-electron chi connectivity index (χ3n) is 3.38. The van der Waals surface area contributed by atoms with Crippen molar-refractivity contribution in [3.63, 3.8) is 0 Å². The highest BCUT2D eigenvalue weighted by molar-refractivity contribution is 5.88. The molecule has 0 radical (unpaired) electrons. The number of unbranched alkanes of at least 4 members (excludes halogenated alkanes) is 1. The van der Waals surface area contributed by atoms with Crippen molar-refractivity contribution in [2.24, 2.45) is 0 Å². The molecule has 0 aromatic carbocycles. The highest BCUT2D eigenvalue weighted by atomic mass is 16.2. The van der Waals surface area contributed by atoms with Crippen LogP contribution in [-0.2, 0) is 6.54 Å². The van der Waals surface area contributed by atoms with E-state index in [1.54, 1.807) is 0 Å². The third-order valence-corrected chi connectivity index (χ3v) is 3.38. The lowest BCUT2D eigenvalue weighted by atomic mass is 10.2. The van der Waals surface area contributed by atoms with Crippen LogP contribution in [0.5, 0.6) is 0 Å². The van der Waals surface area contributed by atoms with Crippen molar-refractivity contribution in [1.82, 2.24) is 14.5 Å². The molecule has 2 aromatic rings. The molecule has 18 heavy (non-hydrogen) atoms. The Morgan fingerprint density at radius 3 is 2.56 bits per heavy atom. The van der Waals surface area contributed by atoms with E-state index in [4.69, 9.17) is 10.8 Å². The van der Waals surface area contributed by atoms with Crippen LogP contribution >= 0.6 is 0 Å². The Labute approximate surface area is 107 Å². The van der Waals surface area contributed by atoms with Gasteiger partial charge in [0.1, 0.15) is 11.3 Å². The molecule has 5 nitrogen and oxygen atoms in total. The van der Waals surface area contributed by atoms with Crippen molar-refractivity contribution in [2.45, 2.75) is 40.2 Å². The summed E-state index contributed by atoms with van der Waals surface area (Å²) in [6, 6.07) is 0. The van der Waals surface area contributed by atoms with Gasteiger partial charge in [0, 0.05) is 18.8 Å². The molecule has 0 saturated heterocycles. The van der Waals surface area contributed by atoms with Crippen LogP contribution in [0.25, 0.3) is 11.0 Å². The average molecular weight is 248 g/mol. The van der Waals surface area contributed by atoms with Crippen LogP contribution in [0.15, 0.2) is 0 Å². The van der Waals surface area contributed by atoms with Gasteiger partial charge in [-0.1, -0.05) is 0 Å². The van der Waals surface area contributed by atoms with Crippen LogP contribution in [0, 0.1) is 20.8 Å². The maximum absolute atomic E-state index is 8.87. The summed E-state index contributed by atoms with van der Waals surface area (Å²) in [6.45, 7) is 7.08. The fraction of sp³-hybridized carbons (Fsp3) is 0.538. The number of nitrogens with zero attached hydrogens (tertiary/aromatic N) is 3. The number of rotatable bonds is 4. The maximum Gasteiger partial charge on any atom is 0.151 e. The molecule has 5 heteroatoms. The summed E-state index contributed by atoms with van der Waals surface area (Å²) in [5, 5.41) is 8.87. The first-order valence-electron chi connectivity index (χ1n) is 6.26. The normalized spacial score (nSPS) is 11.3. The van der Waals surface area contributed by atoms with Crippen molar-refractivity contribution in [3.8, 4) is 0 Å². The van der Waals surface area contributed by atoms with Gasteiger partial charge in [-0.05, 0) is 39.2 Å².